The van der Waals surface area contributed by atoms with Gasteiger partial charge in [0.2, 0.25) is 11.8 Å². The summed E-state index contributed by atoms with van der Waals surface area (Å²) in [6.45, 7) is 4.79. The lowest BCUT2D eigenvalue weighted by Crippen LogP contribution is -2.36. The molecule has 1 saturated heterocycles. The number of benzene rings is 1. The van der Waals surface area contributed by atoms with E-state index in [1.54, 1.807) is 0 Å². The van der Waals surface area contributed by atoms with Crippen molar-refractivity contribution >= 4 is 28.9 Å². The van der Waals surface area contributed by atoms with E-state index in [0.717, 1.165) is 35.7 Å². The van der Waals surface area contributed by atoms with Gasteiger partial charge in [0.1, 0.15) is 0 Å². The molecule has 24 heavy (non-hydrogen) atoms. The highest BCUT2D eigenvalue weighted by Crippen LogP contribution is 2.29. The molecule has 0 aliphatic carbocycles. The summed E-state index contributed by atoms with van der Waals surface area (Å²) in [7, 11) is 0. The molecule has 0 radical (unpaired) electrons. The molecule has 128 valence electrons. The fourth-order valence-electron chi connectivity index (χ4n) is 2.82. The van der Waals surface area contributed by atoms with Gasteiger partial charge in [-0.25, -0.2) is 5.43 Å². The van der Waals surface area contributed by atoms with Crippen molar-refractivity contribution in [1.29, 1.82) is 0 Å². The SMILES string of the molecule is CCC(=O)Nc1cc(C2=NNC(=O)CC2)ccc1N1CCOCC1. The van der Waals surface area contributed by atoms with E-state index in [0.29, 0.717) is 32.5 Å². The highest BCUT2D eigenvalue weighted by atomic mass is 16.5. The average Bonchev–Trinajstić information content (AvgIpc) is 2.63. The first-order valence-corrected chi connectivity index (χ1v) is 8.29. The molecule has 1 fully saturated rings. The Labute approximate surface area is 141 Å². The molecular formula is C17H22N4O3. The minimum Gasteiger partial charge on any atom is -0.378 e. The number of ether oxygens (including phenoxy) is 1. The molecule has 2 amide bonds. The minimum atomic E-state index is -0.0665. The standard InChI is InChI=1S/C17H22N4O3/c1-2-16(22)18-14-11-12(13-4-6-17(23)20-19-13)3-5-15(14)21-7-9-24-10-8-21/h3,5,11H,2,4,6-10H2,1H3,(H,18,22)(H,20,23). The number of nitrogens with one attached hydrogen (secondary N) is 2. The van der Waals surface area contributed by atoms with E-state index in [2.05, 4.69) is 20.7 Å². The van der Waals surface area contributed by atoms with E-state index in [4.69, 9.17) is 4.74 Å². The van der Waals surface area contributed by atoms with Gasteiger partial charge >= 0.3 is 0 Å². The number of amides is 2. The van der Waals surface area contributed by atoms with Gasteiger partial charge in [0.25, 0.3) is 0 Å². The Bertz CT molecular complexity index is 666. The van der Waals surface area contributed by atoms with Crippen molar-refractivity contribution in [2.45, 2.75) is 26.2 Å². The molecule has 0 aromatic heterocycles. The molecule has 0 spiro atoms. The van der Waals surface area contributed by atoms with Crippen molar-refractivity contribution in [1.82, 2.24) is 5.43 Å². The molecule has 0 saturated carbocycles. The second-order valence-electron chi connectivity index (χ2n) is 5.83. The van der Waals surface area contributed by atoms with Crippen LogP contribution in [0, 0.1) is 0 Å². The van der Waals surface area contributed by atoms with Gasteiger partial charge in [-0.1, -0.05) is 13.0 Å². The first-order chi connectivity index (χ1) is 11.7. The van der Waals surface area contributed by atoms with E-state index >= 15 is 0 Å². The molecule has 0 atom stereocenters. The summed E-state index contributed by atoms with van der Waals surface area (Å²) in [6.07, 6.45) is 1.45. The third-order valence-corrected chi connectivity index (χ3v) is 4.18. The third-order valence-electron chi connectivity index (χ3n) is 4.18. The largest absolute Gasteiger partial charge is 0.378 e. The topological polar surface area (TPSA) is 83.0 Å². The number of anilines is 2. The van der Waals surface area contributed by atoms with Crippen LogP contribution in [-0.4, -0.2) is 43.8 Å². The molecule has 2 aliphatic rings. The lowest BCUT2D eigenvalue weighted by molar-refractivity contribution is -0.121. The van der Waals surface area contributed by atoms with Crippen LogP contribution in [0.2, 0.25) is 0 Å². The molecule has 2 N–H and O–H groups in total. The predicted octanol–water partition coefficient (Wildman–Crippen LogP) is 1.49. The smallest absolute Gasteiger partial charge is 0.240 e. The van der Waals surface area contributed by atoms with Gasteiger partial charge in [0, 0.05) is 32.4 Å². The molecule has 0 bridgehead atoms. The molecule has 3 rings (SSSR count). The maximum absolute atomic E-state index is 11.9. The summed E-state index contributed by atoms with van der Waals surface area (Å²) in [5, 5.41) is 7.12. The Morgan fingerprint density at radius 1 is 1.33 bits per heavy atom. The van der Waals surface area contributed by atoms with E-state index < -0.39 is 0 Å². The van der Waals surface area contributed by atoms with Crippen molar-refractivity contribution in [3.63, 3.8) is 0 Å². The normalized spacial score (nSPS) is 18.0. The van der Waals surface area contributed by atoms with Gasteiger partial charge in [-0.05, 0) is 17.7 Å². The van der Waals surface area contributed by atoms with Crippen LogP contribution in [0.3, 0.4) is 0 Å². The fourth-order valence-corrected chi connectivity index (χ4v) is 2.82. The summed E-state index contributed by atoms with van der Waals surface area (Å²) < 4.78 is 5.40. The molecule has 1 aromatic rings. The second-order valence-corrected chi connectivity index (χ2v) is 5.83. The Hall–Kier alpha value is -2.41. The molecule has 2 heterocycles. The molecule has 2 aliphatic heterocycles. The first-order valence-electron chi connectivity index (χ1n) is 8.29. The zero-order chi connectivity index (χ0) is 16.9. The quantitative estimate of drug-likeness (QED) is 0.876. The maximum Gasteiger partial charge on any atom is 0.240 e. The van der Waals surface area contributed by atoms with Crippen LogP contribution in [0.1, 0.15) is 31.7 Å². The van der Waals surface area contributed by atoms with Gasteiger partial charge in [-0.3, -0.25) is 9.59 Å². The van der Waals surface area contributed by atoms with Crippen molar-refractivity contribution in [2.24, 2.45) is 5.10 Å². The first kappa shape index (κ1) is 16.4. The second kappa shape index (κ2) is 7.44. The maximum atomic E-state index is 11.9. The van der Waals surface area contributed by atoms with Gasteiger partial charge in [-0.15, -0.1) is 0 Å². The molecular weight excluding hydrogens is 308 g/mol. The number of rotatable bonds is 4. The number of hydrogen-bond acceptors (Lipinski definition) is 5. The van der Waals surface area contributed by atoms with Gasteiger partial charge in [0.05, 0.1) is 30.3 Å². The highest BCUT2D eigenvalue weighted by molar-refractivity contribution is 6.06. The van der Waals surface area contributed by atoms with Crippen LogP contribution in [0.25, 0.3) is 0 Å². The number of morpholine rings is 1. The van der Waals surface area contributed by atoms with E-state index in [-0.39, 0.29) is 11.8 Å². The van der Waals surface area contributed by atoms with Crippen LogP contribution in [0.4, 0.5) is 11.4 Å². The van der Waals surface area contributed by atoms with Crippen LogP contribution >= 0.6 is 0 Å². The van der Waals surface area contributed by atoms with Crippen LogP contribution in [0.15, 0.2) is 23.3 Å². The van der Waals surface area contributed by atoms with E-state index in [1.165, 1.54) is 0 Å². The number of carbonyl (C=O) groups is 2. The van der Waals surface area contributed by atoms with E-state index in [9.17, 15) is 9.59 Å². The predicted molar refractivity (Wildman–Crippen MR) is 92.3 cm³/mol. The highest BCUT2D eigenvalue weighted by Gasteiger charge is 2.19. The number of hydrogen-bond donors (Lipinski definition) is 2. The third kappa shape index (κ3) is 3.73. The van der Waals surface area contributed by atoms with Gasteiger partial charge in [0.15, 0.2) is 0 Å². The van der Waals surface area contributed by atoms with Crippen molar-refractivity contribution in [3.05, 3.63) is 23.8 Å². The van der Waals surface area contributed by atoms with E-state index in [1.807, 2.05) is 25.1 Å². The van der Waals surface area contributed by atoms with Crippen LogP contribution in [0.5, 0.6) is 0 Å². The van der Waals surface area contributed by atoms with Gasteiger partial charge < -0.3 is 15.0 Å². The summed E-state index contributed by atoms with van der Waals surface area (Å²) >= 11 is 0. The monoisotopic (exact) mass is 330 g/mol. The number of nitrogens with zero attached hydrogens (tertiary/aromatic N) is 2. The zero-order valence-electron chi connectivity index (χ0n) is 13.8. The van der Waals surface area contributed by atoms with Crippen molar-refractivity contribution in [3.8, 4) is 0 Å². The summed E-state index contributed by atoms with van der Waals surface area (Å²) in [4.78, 5) is 25.4. The zero-order valence-corrected chi connectivity index (χ0v) is 13.8. The van der Waals surface area contributed by atoms with Crippen LogP contribution in [-0.2, 0) is 14.3 Å². The Balaban J connectivity index is 1.91. The Morgan fingerprint density at radius 2 is 2.12 bits per heavy atom. The summed E-state index contributed by atoms with van der Waals surface area (Å²) in [6, 6.07) is 5.93. The minimum absolute atomic E-state index is 0.0273. The number of hydrazone groups is 1. The summed E-state index contributed by atoms with van der Waals surface area (Å²) in [5.74, 6) is -0.0938. The Kier molecular flexibility index (Phi) is 5.10. The average molecular weight is 330 g/mol. The Morgan fingerprint density at radius 3 is 2.79 bits per heavy atom. The number of carbonyl (C=O) groups excluding carboxylic acids is 2. The van der Waals surface area contributed by atoms with Crippen molar-refractivity contribution < 1.29 is 14.3 Å². The lowest BCUT2D eigenvalue weighted by atomic mass is 10.0. The lowest BCUT2D eigenvalue weighted by Gasteiger charge is -2.31. The summed E-state index contributed by atoms with van der Waals surface area (Å²) in [5.41, 5.74) is 6.03. The molecule has 7 heteroatoms. The van der Waals surface area contributed by atoms with Crippen molar-refractivity contribution in [2.75, 3.05) is 36.5 Å². The fraction of sp³-hybridized carbons (Fsp3) is 0.471. The van der Waals surface area contributed by atoms with Gasteiger partial charge in [-0.2, -0.15) is 5.10 Å². The molecule has 0 unspecified atom stereocenters. The molecule has 1 aromatic carbocycles. The van der Waals surface area contributed by atoms with Crippen LogP contribution < -0.4 is 15.6 Å². The molecule has 7 nitrogen and oxygen atoms in total.